The van der Waals surface area contributed by atoms with Crippen LogP contribution in [-0.4, -0.2) is 48.0 Å². The Morgan fingerprint density at radius 3 is 2.00 bits per heavy atom. The van der Waals surface area contributed by atoms with Crippen molar-refractivity contribution in [3.05, 3.63) is 65.2 Å². The molecule has 9 heteroatoms. The predicted octanol–water partition coefficient (Wildman–Crippen LogP) is 7.27. The predicted molar refractivity (Wildman–Crippen MR) is 161 cm³/mol. The normalized spacial score (nSPS) is 15.2. The van der Waals surface area contributed by atoms with Crippen molar-refractivity contribution in [2.45, 2.75) is 76.3 Å². The van der Waals surface area contributed by atoms with E-state index in [0.717, 1.165) is 30.1 Å². The minimum absolute atomic E-state index is 0.0713. The summed E-state index contributed by atoms with van der Waals surface area (Å²) in [4.78, 5) is 24.0. The minimum Gasteiger partial charge on any atom is -0.485 e. The number of ether oxygens (including phenoxy) is 3. The maximum atomic E-state index is 12.0. The van der Waals surface area contributed by atoms with Crippen molar-refractivity contribution in [1.29, 1.82) is 0 Å². The summed E-state index contributed by atoms with van der Waals surface area (Å²) in [5.41, 5.74) is 2.55. The van der Waals surface area contributed by atoms with E-state index in [9.17, 15) is 9.59 Å². The molecule has 39 heavy (non-hydrogen) atoms. The third-order valence-corrected chi connectivity index (χ3v) is 8.40. The van der Waals surface area contributed by atoms with E-state index in [1.165, 1.54) is 16.7 Å². The molecule has 2 N–H and O–H groups in total. The summed E-state index contributed by atoms with van der Waals surface area (Å²) in [5, 5.41) is 5.67. The van der Waals surface area contributed by atoms with Crippen molar-refractivity contribution in [2.75, 3.05) is 24.6 Å². The standard InChI is InChI=1S/C30H42N2O5S2/c1-29(2,3)36-27(33)31-16-18-38-26(39-19-17-32-28(34)37-30(4,5)6)23-13-15-25-22(20-23)12-14-24(35-25)21-10-8-7-9-11-21/h7-11,13,15,20,24,26H,12,14,16-19H2,1-6H3,(H,31,33)(H,32,34). The van der Waals surface area contributed by atoms with Gasteiger partial charge in [0.05, 0.1) is 4.58 Å². The molecule has 0 spiro atoms. The lowest BCUT2D eigenvalue weighted by molar-refractivity contribution is 0.0520. The van der Waals surface area contributed by atoms with E-state index >= 15 is 0 Å². The zero-order valence-electron chi connectivity index (χ0n) is 23.9. The maximum Gasteiger partial charge on any atom is 0.407 e. The highest BCUT2D eigenvalue weighted by molar-refractivity contribution is 8.16. The highest BCUT2D eigenvalue weighted by atomic mass is 32.2. The number of carbonyl (C=O) groups is 2. The summed E-state index contributed by atoms with van der Waals surface area (Å²) in [6.45, 7) is 12.1. The molecule has 1 aliphatic rings. The van der Waals surface area contributed by atoms with E-state index in [1.54, 1.807) is 23.5 Å². The number of hydrogen-bond acceptors (Lipinski definition) is 7. The second kappa shape index (κ2) is 14.2. The molecule has 0 bridgehead atoms. The Balaban J connectivity index is 1.60. The van der Waals surface area contributed by atoms with Gasteiger partial charge in [-0.2, -0.15) is 0 Å². The number of rotatable bonds is 10. The fraction of sp³-hybridized carbons (Fsp3) is 0.533. The topological polar surface area (TPSA) is 85.9 Å². The monoisotopic (exact) mass is 574 g/mol. The smallest absolute Gasteiger partial charge is 0.407 e. The van der Waals surface area contributed by atoms with Crippen molar-refractivity contribution >= 4 is 35.7 Å². The van der Waals surface area contributed by atoms with Crippen LogP contribution in [0.5, 0.6) is 5.75 Å². The van der Waals surface area contributed by atoms with Gasteiger partial charge in [0.2, 0.25) is 0 Å². The Kier molecular flexibility index (Phi) is 11.3. The zero-order chi connectivity index (χ0) is 28.5. The number of hydrogen-bond donors (Lipinski definition) is 2. The minimum atomic E-state index is -0.526. The van der Waals surface area contributed by atoms with E-state index in [4.69, 9.17) is 14.2 Å². The molecule has 1 aliphatic heterocycles. The Bertz CT molecular complexity index is 1050. The van der Waals surface area contributed by atoms with Gasteiger partial charge in [0.25, 0.3) is 0 Å². The molecule has 0 radical (unpaired) electrons. The van der Waals surface area contributed by atoms with Crippen LogP contribution >= 0.6 is 23.5 Å². The summed E-state index contributed by atoms with van der Waals surface area (Å²) in [6.07, 6.45) is 1.14. The van der Waals surface area contributed by atoms with Crippen LogP contribution in [0.2, 0.25) is 0 Å². The van der Waals surface area contributed by atoms with Crippen LogP contribution in [-0.2, 0) is 15.9 Å². The van der Waals surface area contributed by atoms with E-state index < -0.39 is 23.4 Å². The van der Waals surface area contributed by atoms with Crippen molar-refractivity contribution in [3.8, 4) is 5.75 Å². The average Bonchev–Trinajstić information content (AvgIpc) is 2.85. The van der Waals surface area contributed by atoms with Crippen molar-refractivity contribution in [3.63, 3.8) is 0 Å². The molecule has 0 aliphatic carbocycles. The van der Waals surface area contributed by atoms with Gasteiger partial charge in [-0.1, -0.05) is 42.5 Å². The van der Waals surface area contributed by atoms with Crippen LogP contribution in [0.25, 0.3) is 0 Å². The number of alkyl carbamates (subject to hydrolysis) is 2. The van der Waals surface area contributed by atoms with Crippen molar-refractivity contribution < 1.29 is 23.8 Å². The van der Waals surface area contributed by atoms with Crippen molar-refractivity contribution in [2.24, 2.45) is 0 Å². The maximum absolute atomic E-state index is 12.0. The first kappa shape index (κ1) is 31.0. The Morgan fingerprint density at radius 1 is 0.897 bits per heavy atom. The van der Waals surface area contributed by atoms with Crippen molar-refractivity contribution in [1.82, 2.24) is 10.6 Å². The number of nitrogens with one attached hydrogen (secondary N) is 2. The number of thioether (sulfide) groups is 2. The van der Waals surface area contributed by atoms with Gasteiger partial charge in [-0.3, -0.25) is 0 Å². The molecule has 214 valence electrons. The molecule has 1 unspecified atom stereocenters. The fourth-order valence-corrected chi connectivity index (χ4v) is 6.47. The second-order valence-corrected chi connectivity index (χ2v) is 14.1. The number of carbonyl (C=O) groups excluding carboxylic acids is 2. The SMILES string of the molecule is CC(C)(C)OC(=O)NCCSC(SCCNC(=O)OC(C)(C)C)c1ccc2c(c1)CCC(c1ccccc1)O2. The molecule has 0 aromatic heterocycles. The summed E-state index contributed by atoms with van der Waals surface area (Å²) in [6, 6.07) is 16.8. The number of benzene rings is 2. The Morgan fingerprint density at radius 2 is 1.46 bits per heavy atom. The van der Waals surface area contributed by atoms with E-state index in [1.807, 2.05) is 59.7 Å². The van der Waals surface area contributed by atoms with E-state index in [0.29, 0.717) is 13.1 Å². The molecule has 1 heterocycles. The average molecular weight is 575 g/mol. The van der Waals surface area contributed by atoms with Gasteiger partial charge in [0.15, 0.2) is 0 Å². The molecule has 2 aromatic carbocycles. The highest BCUT2D eigenvalue weighted by Gasteiger charge is 2.23. The zero-order valence-corrected chi connectivity index (χ0v) is 25.5. The van der Waals surface area contributed by atoms with Crippen LogP contribution in [0.1, 0.15) is 75.3 Å². The van der Waals surface area contributed by atoms with E-state index in [-0.39, 0.29) is 10.7 Å². The third-order valence-electron chi connectivity index (χ3n) is 5.55. The quantitative estimate of drug-likeness (QED) is 0.228. The van der Waals surface area contributed by atoms with Crippen LogP contribution in [0.4, 0.5) is 9.59 Å². The summed E-state index contributed by atoms with van der Waals surface area (Å²) >= 11 is 3.52. The second-order valence-electron chi connectivity index (χ2n) is 11.4. The number of fused-ring (bicyclic) bond motifs is 1. The van der Waals surface area contributed by atoms with Gasteiger partial charge in [0, 0.05) is 24.6 Å². The van der Waals surface area contributed by atoms with Crippen LogP contribution in [0, 0.1) is 0 Å². The van der Waals surface area contributed by atoms with Gasteiger partial charge in [-0.05, 0) is 77.1 Å². The molecule has 0 fully saturated rings. The van der Waals surface area contributed by atoms with Gasteiger partial charge in [-0.25, -0.2) is 9.59 Å². The summed E-state index contributed by atoms with van der Waals surface area (Å²) in [7, 11) is 0. The van der Waals surface area contributed by atoms with Gasteiger partial charge in [0.1, 0.15) is 23.1 Å². The first-order valence-electron chi connectivity index (χ1n) is 13.4. The fourth-order valence-electron chi connectivity index (χ4n) is 3.96. The van der Waals surface area contributed by atoms with E-state index in [2.05, 4.69) is 41.0 Å². The molecule has 1 atom stereocenters. The first-order valence-corrected chi connectivity index (χ1v) is 15.5. The van der Waals surface area contributed by atoms with Crippen LogP contribution < -0.4 is 15.4 Å². The van der Waals surface area contributed by atoms with Gasteiger partial charge < -0.3 is 24.8 Å². The molecule has 7 nitrogen and oxygen atoms in total. The Hall–Kier alpha value is -2.52. The molecule has 2 amide bonds. The number of amides is 2. The van der Waals surface area contributed by atoms with Crippen LogP contribution in [0.15, 0.2) is 48.5 Å². The molecule has 2 aromatic rings. The number of aryl methyl sites for hydroxylation is 1. The molecular formula is C30H42N2O5S2. The largest absolute Gasteiger partial charge is 0.485 e. The molecular weight excluding hydrogens is 532 g/mol. The lowest BCUT2D eigenvalue weighted by atomic mass is 9.96. The summed E-state index contributed by atoms with van der Waals surface area (Å²) < 4.78 is 17.1. The summed E-state index contributed by atoms with van der Waals surface area (Å²) in [5.74, 6) is 2.38. The highest BCUT2D eigenvalue weighted by Crippen LogP contribution is 2.42. The Labute approximate surface area is 241 Å². The third kappa shape index (κ3) is 11.2. The van der Waals surface area contributed by atoms with Gasteiger partial charge in [-0.15, -0.1) is 23.5 Å². The lowest BCUT2D eigenvalue weighted by Gasteiger charge is -2.28. The lowest BCUT2D eigenvalue weighted by Crippen LogP contribution is -2.33. The first-order chi connectivity index (χ1) is 18.4. The molecule has 3 rings (SSSR count). The van der Waals surface area contributed by atoms with Gasteiger partial charge >= 0.3 is 12.2 Å². The molecule has 0 saturated carbocycles. The van der Waals surface area contributed by atoms with Crippen LogP contribution in [0.3, 0.4) is 0 Å². The molecule has 0 saturated heterocycles.